The lowest BCUT2D eigenvalue weighted by molar-refractivity contribution is -0.0902. The first-order valence-electron chi connectivity index (χ1n) is 5.14. The Balaban J connectivity index is 2.02. The van der Waals surface area contributed by atoms with Crippen LogP contribution in [0.15, 0.2) is 0 Å². The highest BCUT2D eigenvalue weighted by Gasteiger charge is 2.51. The fraction of sp³-hybridized carbons (Fsp3) is 1.00. The Morgan fingerprint density at radius 1 is 1.09 bits per heavy atom. The lowest BCUT2D eigenvalue weighted by atomic mass is 9.46. The van der Waals surface area contributed by atoms with Crippen LogP contribution < -0.4 is 0 Å². The van der Waals surface area contributed by atoms with Crippen molar-refractivity contribution in [2.45, 2.75) is 46.5 Å². The van der Waals surface area contributed by atoms with Crippen molar-refractivity contribution in [3.05, 3.63) is 0 Å². The molecule has 0 N–H and O–H groups in total. The highest BCUT2D eigenvalue weighted by atomic mass is 14.6. The third-order valence-electron chi connectivity index (χ3n) is 4.49. The Morgan fingerprint density at radius 3 is 2.00 bits per heavy atom. The molecule has 0 nitrogen and oxygen atoms in total. The van der Waals surface area contributed by atoms with Gasteiger partial charge in [0.15, 0.2) is 0 Å². The predicted octanol–water partition coefficient (Wildman–Crippen LogP) is 3.47. The van der Waals surface area contributed by atoms with Gasteiger partial charge in [-0.05, 0) is 42.4 Å². The van der Waals surface area contributed by atoms with Crippen molar-refractivity contribution >= 4 is 0 Å². The van der Waals surface area contributed by atoms with Crippen molar-refractivity contribution < 1.29 is 0 Å². The highest BCUT2D eigenvalue weighted by Crippen LogP contribution is 2.60. The molecule has 3 fully saturated rings. The molecule has 0 radical (unpaired) electrons. The molecule has 3 aliphatic rings. The molecule has 2 atom stereocenters. The van der Waals surface area contributed by atoms with Crippen LogP contribution in [0.4, 0.5) is 0 Å². The molecule has 0 aliphatic heterocycles. The summed E-state index contributed by atoms with van der Waals surface area (Å²) in [6.07, 6.45) is 6.02. The minimum Gasteiger partial charge on any atom is -0.0651 e. The molecule has 3 rings (SSSR count). The van der Waals surface area contributed by atoms with Crippen LogP contribution in [0.2, 0.25) is 0 Å². The first-order valence-corrected chi connectivity index (χ1v) is 5.14. The van der Waals surface area contributed by atoms with Gasteiger partial charge in [0, 0.05) is 0 Å². The number of fused-ring (bicyclic) bond motifs is 2. The zero-order valence-electron chi connectivity index (χ0n) is 8.06. The Kier molecular flexibility index (Phi) is 1.56. The van der Waals surface area contributed by atoms with Crippen LogP contribution in [0.25, 0.3) is 0 Å². The lowest BCUT2D eigenvalue weighted by Crippen LogP contribution is -2.50. The summed E-state index contributed by atoms with van der Waals surface area (Å²) >= 11 is 0. The quantitative estimate of drug-likeness (QED) is 0.539. The van der Waals surface area contributed by atoms with E-state index >= 15 is 0 Å². The largest absolute Gasteiger partial charge is 0.0651 e. The third kappa shape index (κ3) is 0.947. The molecular formula is C11H20. The standard InChI is InChI=1S/C11H20/c1-4-8-5-9-7-10(6-8)11(9,2)3/h8-10H,4-7H2,1-3H3. The second kappa shape index (κ2) is 2.24. The monoisotopic (exact) mass is 152 g/mol. The average Bonchev–Trinajstić information content (AvgIpc) is 2.04. The minimum atomic E-state index is 0.714. The van der Waals surface area contributed by atoms with Crippen molar-refractivity contribution in [2.75, 3.05) is 0 Å². The summed E-state index contributed by atoms with van der Waals surface area (Å²) < 4.78 is 0. The molecule has 3 aliphatic carbocycles. The molecule has 0 aromatic heterocycles. The summed E-state index contributed by atoms with van der Waals surface area (Å²) in [4.78, 5) is 0. The summed E-state index contributed by atoms with van der Waals surface area (Å²) in [5.41, 5.74) is 0.714. The Morgan fingerprint density at radius 2 is 1.64 bits per heavy atom. The zero-order valence-corrected chi connectivity index (χ0v) is 8.06. The van der Waals surface area contributed by atoms with Crippen LogP contribution in [0.5, 0.6) is 0 Å². The maximum atomic E-state index is 2.47. The summed E-state index contributed by atoms with van der Waals surface area (Å²) in [5, 5.41) is 0. The predicted molar refractivity (Wildman–Crippen MR) is 48.4 cm³/mol. The van der Waals surface area contributed by atoms with Crippen LogP contribution in [-0.4, -0.2) is 0 Å². The smallest absolute Gasteiger partial charge is 0.0297 e. The molecule has 0 aromatic rings. The van der Waals surface area contributed by atoms with Gasteiger partial charge in [0.25, 0.3) is 0 Å². The van der Waals surface area contributed by atoms with E-state index in [1.54, 1.807) is 6.42 Å². The molecule has 0 spiro atoms. The number of rotatable bonds is 1. The summed E-state index contributed by atoms with van der Waals surface area (Å²) in [5.74, 6) is 3.23. The van der Waals surface area contributed by atoms with E-state index in [1.807, 2.05) is 0 Å². The molecule has 0 amide bonds. The van der Waals surface area contributed by atoms with Gasteiger partial charge in [-0.1, -0.05) is 27.2 Å². The fourth-order valence-corrected chi connectivity index (χ4v) is 3.16. The molecule has 3 saturated carbocycles. The first-order chi connectivity index (χ1) is 5.14. The Hall–Kier alpha value is 0. The molecule has 0 saturated heterocycles. The van der Waals surface area contributed by atoms with E-state index in [-0.39, 0.29) is 0 Å². The van der Waals surface area contributed by atoms with Crippen molar-refractivity contribution in [3.63, 3.8) is 0 Å². The molecule has 2 unspecified atom stereocenters. The van der Waals surface area contributed by atoms with Crippen LogP contribution in [0.1, 0.15) is 46.5 Å². The van der Waals surface area contributed by atoms with Crippen LogP contribution in [0, 0.1) is 23.2 Å². The maximum absolute atomic E-state index is 2.47. The van der Waals surface area contributed by atoms with Crippen molar-refractivity contribution in [3.8, 4) is 0 Å². The fourth-order valence-electron chi connectivity index (χ4n) is 3.16. The van der Waals surface area contributed by atoms with Crippen molar-refractivity contribution in [2.24, 2.45) is 23.2 Å². The van der Waals surface area contributed by atoms with E-state index in [4.69, 9.17) is 0 Å². The molecule has 0 heteroatoms. The van der Waals surface area contributed by atoms with Gasteiger partial charge >= 0.3 is 0 Å². The lowest BCUT2D eigenvalue weighted by Gasteiger charge is -2.59. The van der Waals surface area contributed by atoms with Crippen molar-refractivity contribution in [1.29, 1.82) is 0 Å². The van der Waals surface area contributed by atoms with Crippen molar-refractivity contribution in [1.82, 2.24) is 0 Å². The average molecular weight is 152 g/mol. The normalized spacial score (nSPS) is 46.6. The van der Waals surface area contributed by atoms with Gasteiger partial charge in [0.1, 0.15) is 0 Å². The highest BCUT2D eigenvalue weighted by molar-refractivity contribution is 5.01. The molecule has 0 aromatic carbocycles. The summed E-state index contributed by atoms with van der Waals surface area (Å²) in [7, 11) is 0. The molecular weight excluding hydrogens is 132 g/mol. The minimum absolute atomic E-state index is 0.714. The van der Waals surface area contributed by atoms with E-state index < -0.39 is 0 Å². The van der Waals surface area contributed by atoms with Gasteiger partial charge in [-0.25, -0.2) is 0 Å². The molecule has 0 heterocycles. The van der Waals surface area contributed by atoms with Gasteiger partial charge in [-0.3, -0.25) is 0 Å². The number of hydrogen-bond acceptors (Lipinski definition) is 0. The van der Waals surface area contributed by atoms with Crippen LogP contribution in [-0.2, 0) is 0 Å². The Bertz CT molecular complexity index is 143. The SMILES string of the molecule is CCC1CC2CC(C1)C2(C)C. The maximum Gasteiger partial charge on any atom is -0.0297 e. The first kappa shape index (κ1) is 7.64. The van der Waals surface area contributed by atoms with E-state index in [0.717, 1.165) is 17.8 Å². The van der Waals surface area contributed by atoms with Gasteiger partial charge in [0.05, 0.1) is 0 Å². The van der Waals surface area contributed by atoms with E-state index in [1.165, 1.54) is 19.3 Å². The summed E-state index contributed by atoms with van der Waals surface area (Å²) in [6, 6.07) is 0. The molecule has 64 valence electrons. The Labute approximate surface area is 70.4 Å². The third-order valence-corrected chi connectivity index (χ3v) is 4.49. The van der Waals surface area contributed by atoms with E-state index in [2.05, 4.69) is 20.8 Å². The topological polar surface area (TPSA) is 0 Å². The van der Waals surface area contributed by atoms with E-state index in [0.29, 0.717) is 5.41 Å². The summed E-state index contributed by atoms with van der Waals surface area (Å²) in [6.45, 7) is 7.29. The van der Waals surface area contributed by atoms with Gasteiger partial charge in [-0.15, -0.1) is 0 Å². The van der Waals surface area contributed by atoms with Gasteiger partial charge < -0.3 is 0 Å². The molecule has 11 heavy (non-hydrogen) atoms. The van der Waals surface area contributed by atoms with Gasteiger partial charge in [0.2, 0.25) is 0 Å². The second-order valence-electron chi connectivity index (χ2n) is 5.20. The zero-order chi connectivity index (χ0) is 8.06. The van der Waals surface area contributed by atoms with E-state index in [9.17, 15) is 0 Å². The number of hydrogen-bond donors (Lipinski definition) is 0. The van der Waals surface area contributed by atoms with Crippen LogP contribution >= 0.6 is 0 Å². The second-order valence-corrected chi connectivity index (χ2v) is 5.20. The van der Waals surface area contributed by atoms with Gasteiger partial charge in [-0.2, -0.15) is 0 Å². The van der Waals surface area contributed by atoms with Crippen LogP contribution in [0.3, 0.4) is 0 Å². The molecule has 2 bridgehead atoms.